The van der Waals surface area contributed by atoms with Crippen molar-refractivity contribution >= 4 is 0 Å². The van der Waals surface area contributed by atoms with Gasteiger partial charge in [-0.3, -0.25) is 4.68 Å². The molecule has 0 saturated heterocycles. The Hall–Kier alpha value is -1.61. The minimum Gasteiger partial charge on any atom is -0.308 e. The summed E-state index contributed by atoms with van der Waals surface area (Å²) in [4.78, 5) is 0. The molecule has 0 amide bonds. The van der Waals surface area contributed by atoms with Gasteiger partial charge in [-0.1, -0.05) is 18.2 Å². The van der Waals surface area contributed by atoms with Crippen LogP contribution in [0.3, 0.4) is 0 Å². The fourth-order valence-corrected chi connectivity index (χ4v) is 2.21. The van der Waals surface area contributed by atoms with Crippen LogP contribution in [0.2, 0.25) is 0 Å². The van der Waals surface area contributed by atoms with Gasteiger partial charge in [0.25, 0.3) is 0 Å². The molecule has 0 unspecified atom stereocenters. The second kappa shape index (κ2) is 5.17. The first-order valence-corrected chi connectivity index (χ1v) is 7.02. The fourth-order valence-electron chi connectivity index (χ4n) is 2.21. The van der Waals surface area contributed by atoms with Crippen molar-refractivity contribution in [2.75, 3.05) is 0 Å². The molecule has 1 aromatic heterocycles. The highest BCUT2D eigenvalue weighted by atomic mass is 15.3. The monoisotopic (exact) mass is 255 g/mol. The maximum absolute atomic E-state index is 4.61. The summed E-state index contributed by atoms with van der Waals surface area (Å²) in [5.41, 5.74) is 5.14. The zero-order valence-electron chi connectivity index (χ0n) is 11.7. The van der Waals surface area contributed by atoms with Crippen LogP contribution in [0.5, 0.6) is 0 Å². The van der Waals surface area contributed by atoms with Crippen molar-refractivity contribution in [1.29, 1.82) is 0 Å². The molecular weight excluding hydrogens is 234 g/mol. The molecule has 100 valence electrons. The number of hydrogen-bond donors (Lipinski definition) is 1. The third kappa shape index (κ3) is 3.24. The van der Waals surface area contributed by atoms with Crippen molar-refractivity contribution in [3.05, 3.63) is 52.8 Å². The van der Waals surface area contributed by atoms with E-state index in [2.05, 4.69) is 54.7 Å². The lowest BCUT2D eigenvalue weighted by Crippen LogP contribution is -2.16. The molecule has 0 spiro atoms. The van der Waals surface area contributed by atoms with Crippen molar-refractivity contribution < 1.29 is 0 Å². The number of nitrogens with one attached hydrogen (secondary N) is 1. The molecule has 0 atom stereocenters. The number of nitrogens with zero attached hydrogens (tertiary/aromatic N) is 2. The second-order valence-corrected chi connectivity index (χ2v) is 5.58. The van der Waals surface area contributed by atoms with E-state index in [1.54, 1.807) is 0 Å². The quantitative estimate of drug-likeness (QED) is 0.890. The standard InChI is InChI=1S/C16H21N3/c1-12-3-4-14(9-13(12)2)11-19-8-7-16(18-19)10-17-15-5-6-15/h3-4,7-9,15,17H,5-6,10-11H2,1-2H3. The van der Waals surface area contributed by atoms with E-state index < -0.39 is 0 Å². The Morgan fingerprint density at radius 2 is 2.05 bits per heavy atom. The number of aryl methyl sites for hydroxylation is 2. The number of rotatable bonds is 5. The SMILES string of the molecule is Cc1ccc(Cn2ccc(CNC3CC3)n2)cc1C. The van der Waals surface area contributed by atoms with Crippen LogP contribution in [0, 0.1) is 13.8 Å². The van der Waals surface area contributed by atoms with E-state index in [-0.39, 0.29) is 0 Å². The van der Waals surface area contributed by atoms with Gasteiger partial charge in [0, 0.05) is 18.8 Å². The van der Waals surface area contributed by atoms with Crippen LogP contribution >= 0.6 is 0 Å². The van der Waals surface area contributed by atoms with Crippen molar-refractivity contribution in [2.45, 2.75) is 45.8 Å². The van der Waals surface area contributed by atoms with Crippen LogP contribution in [0.15, 0.2) is 30.5 Å². The van der Waals surface area contributed by atoms with E-state index in [9.17, 15) is 0 Å². The van der Waals surface area contributed by atoms with Gasteiger partial charge in [0.05, 0.1) is 12.2 Å². The molecule has 1 fully saturated rings. The Labute approximate surface area is 114 Å². The molecule has 0 aliphatic heterocycles. The van der Waals surface area contributed by atoms with Crippen LogP contribution in [-0.2, 0) is 13.1 Å². The first-order chi connectivity index (χ1) is 9.20. The largest absolute Gasteiger partial charge is 0.308 e. The first kappa shape index (κ1) is 12.4. The molecule has 1 heterocycles. The van der Waals surface area contributed by atoms with Gasteiger partial charge in [0.15, 0.2) is 0 Å². The van der Waals surface area contributed by atoms with E-state index in [1.165, 1.54) is 29.5 Å². The Bertz CT molecular complexity index is 567. The molecule has 2 aromatic rings. The molecule has 1 aliphatic rings. The normalized spacial score (nSPS) is 14.8. The minimum absolute atomic E-state index is 0.741. The lowest BCUT2D eigenvalue weighted by atomic mass is 10.1. The van der Waals surface area contributed by atoms with Crippen molar-refractivity contribution in [3.8, 4) is 0 Å². The van der Waals surface area contributed by atoms with Crippen molar-refractivity contribution in [2.24, 2.45) is 0 Å². The smallest absolute Gasteiger partial charge is 0.0762 e. The fraction of sp³-hybridized carbons (Fsp3) is 0.438. The van der Waals surface area contributed by atoms with E-state index >= 15 is 0 Å². The lowest BCUT2D eigenvalue weighted by molar-refractivity contribution is 0.631. The predicted molar refractivity (Wildman–Crippen MR) is 77.1 cm³/mol. The third-order valence-corrected chi connectivity index (χ3v) is 3.76. The van der Waals surface area contributed by atoms with Gasteiger partial charge in [-0.15, -0.1) is 0 Å². The zero-order valence-corrected chi connectivity index (χ0v) is 11.7. The van der Waals surface area contributed by atoms with Gasteiger partial charge >= 0.3 is 0 Å². The van der Waals surface area contributed by atoms with Gasteiger partial charge < -0.3 is 5.32 Å². The minimum atomic E-state index is 0.741. The molecule has 0 bridgehead atoms. The van der Waals surface area contributed by atoms with Gasteiger partial charge in [-0.25, -0.2) is 0 Å². The third-order valence-electron chi connectivity index (χ3n) is 3.76. The van der Waals surface area contributed by atoms with Gasteiger partial charge in [0.1, 0.15) is 0 Å². The van der Waals surface area contributed by atoms with E-state index in [1.807, 2.05) is 4.68 Å². The predicted octanol–water partition coefficient (Wildman–Crippen LogP) is 2.80. The van der Waals surface area contributed by atoms with Crippen molar-refractivity contribution in [1.82, 2.24) is 15.1 Å². The summed E-state index contributed by atoms with van der Waals surface area (Å²) in [5.74, 6) is 0. The van der Waals surface area contributed by atoms with Crippen LogP contribution in [-0.4, -0.2) is 15.8 Å². The number of hydrogen-bond acceptors (Lipinski definition) is 2. The summed E-state index contributed by atoms with van der Waals surface area (Å²) in [6.07, 6.45) is 4.71. The molecular formula is C16H21N3. The Balaban J connectivity index is 1.63. The number of aromatic nitrogens is 2. The van der Waals surface area contributed by atoms with E-state index in [4.69, 9.17) is 0 Å². The van der Waals surface area contributed by atoms with Crippen LogP contribution in [0.1, 0.15) is 35.2 Å². The zero-order chi connectivity index (χ0) is 13.2. The molecule has 19 heavy (non-hydrogen) atoms. The summed E-state index contributed by atoms with van der Waals surface area (Å²) < 4.78 is 2.02. The highest BCUT2D eigenvalue weighted by Gasteiger charge is 2.20. The molecule has 0 radical (unpaired) electrons. The molecule has 3 rings (SSSR count). The summed E-state index contributed by atoms with van der Waals surface area (Å²) in [6, 6.07) is 9.47. The van der Waals surface area contributed by atoms with Crippen LogP contribution in [0.25, 0.3) is 0 Å². The molecule has 1 saturated carbocycles. The highest BCUT2D eigenvalue weighted by Crippen LogP contribution is 2.19. The Morgan fingerprint density at radius 1 is 1.21 bits per heavy atom. The van der Waals surface area contributed by atoms with Gasteiger partial charge in [0.2, 0.25) is 0 Å². The van der Waals surface area contributed by atoms with E-state index in [0.717, 1.165) is 24.8 Å². The van der Waals surface area contributed by atoms with Gasteiger partial charge in [-0.2, -0.15) is 5.10 Å². The summed E-state index contributed by atoms with van der Waals surface area (Å²) in [7, 11) is 0. The summed E-state index contributed by atoms with van der Waals surface area (Å²) in [5, 5.41) is 8.10. The molecule has 1 aromatic carbocycles. The highest BCUT2D eigenvalue weighted by molar-refractivity contribution is 5.30. The van der Waals surface area contributed by atoms with Crippen LogP contribution in [0.4, 0.5) is 0 Å². The molecule has 1 N–H and O–H groups in total. The van der Waals surface area contributed by atoms with Crippen LogP contribution < -0.4 is 5.32 Å². The molecule has 3 nitrogen and oxygen atoms in total. The lowest BCUT2D eigenvalue weighted by Gasteiger charge is -2.05. The average Bonchev–Trinajstić information content (AvgIpc) is 3.12. The Morgan fingerprint density at radius 3 is 2.79 bits per heavy atom. The van der Waals surface area contributed by atoms with E-state index in [0.29, 0.717) is 0 Å². The molecule has 3 heteroatoms. The molecule has 1 aliphatic carbocycles. The maximum atomic E-state index is 4.61. The summed E-state index contributed by atoms with van der Waals surface area (Å²) >= 11 is 0. The van der Waals surface area contributed by atoms with Gasteiger partial charge in [-0.05, 0) is 49.4 Å². The van der Waals surface area contributed by atoms with Crippen molar-refractivity contribution in [3.63, 3.8) is 0 Å². The summed E-state index contributed by atoms with van der Waals surface area (Å²) in [6.45, 7) is 6.05. The number of benzene rings is 1. The average molecular weight is 255 g/mol. The maximum Gasteiger partial charge on any atom is 0.0762 e. The Kier molecular flexibility index (Phi) is 3.38. The second-order valence-electron chi connectivity index (χ2n) is 5.58. The topological polar surface area (TPSA) is 29.9 Å². The first-order valence-electron chi connectivity index (χ1n) is 7.02.